The van der Waals surface area contributed by atoms with Crippen molar-refractivity contribution in [3.63, 3.8) is 0 Å². The smallest absolute Gasteiger partial charge is 0.322 e. The molecule has 0 aliphatic carbocycles. The molecule has 9 nitrogen and oxygen atoms in total. The highest BCUT2D eigenvalue weighted by Crippen LogP contribution is 2.25. The van der Waals surface area contributed by atoms with E-state index in [2.05, 4.69) is 10.3 Å². The van der Waals surface area contributed by atoms with Crippen molar-refractivity contribution in [1.82, 2.24) is 15.0 Å². The van der Waals surface area contributed by atoms with Gasteiger partial charge in [0.05, 0.1) is 11.2 Å². The van der Waals surface area contributed by atoms with Crippen LogP contribution in [0.25, 0.3) is 10.9 Å². The lowest BCUT2D eigenvalue weighted by atomic mass is 10.1. The van der Waals surface area contributed by atoms with E-state index >= 15 is 0 Å². The molecule has 0 fully saturated rings. The summed E-state index contributed by atoms with van der Waals surface area (Å²) >= 11 is 0. The zero-order chi connectivity index (χ0) is 19.4. The monoisotopic (exact) mass is 369 g/mol. The normalized spacial score (nSPS) is 10.5. The molecule has 0 atom stereocenters. The van der Waals surface area contributed by atoms with Gasteiger partial charge in [0.1, 0.15) is 12.3 Å². The number of aliphatic carboxylic acids is 1. The van der Waals surface area contributed by atoms with Crippen LogP contribution in [0.15, 0.2) is 53.5 Å². The summed E-state index contributed by atoms with van der Waals surface area (Å²) in [6.07, 6.45) is 1.57. The molecule has 2 aromatic heterocycles. The summed E-state index contributed by atoms with van der Waals surface area (Å²) in [7, 11) is 0. The van der Waals surface area contributed by atoms with Crippen LogP contribution in [0.4, 0.5) is 0 Å². The van der Waals surface area contributed by atoms with Gasteiger partial charge in [-0.05, 0) is 24.3 Å². The van der Waals surface area contributed by atoms with Crippen LogP contribution in [0.1, 0.15) is 16.1 Å². The highest BCUT2D eigenvalue weighted by molar-refractivity contribution is 6.02. The second-order valence-electron chi connectivity index (χ2n) is 5.51. The summed E-state index contributed by atoms with van der Waals surface area (Å²) in [6.45, 7) is -0.745. The lowest BCUT2D eigenvalue weighted by Gasteiger charge is -2.15. The van der Waals surface area contributed by atoms with Crippen LogP contribution in [0.3, 0.4) is 0 Å². The number of nitrogens with zero attached hydrogens (tertiary/aromatic N) is 2. The summed E-state index contributed by atoms with van der Waals surface area (Å²) in [6, 6.07) is 11.5. The van der Waals surface area contributed by atoms with E-state index in [9.17, 15) is 19.5 Å². The molecule has 1 amide bonds. The quantitative estimate of drug-likeness (QED) is 0.578. The number of benzene rings is 1. The topological polar surface area (TPSA) is 131 Å². The van der Waals surface area contributed by atoms with Gasteiger partial charge in [-0.25, -0.2) is 0 Å². The van der Waals surface area contributed by atoms with Crippen molar-refractivity contribution in [2.45, 2.75) is 6.61 Å². The first-order valence-corrected chi connectivity index (χ1v) is 7.89. The molecule has 3 rings (SSSR count). The van der Waals surface area contributed by atoms with Gasteiger partial charge in [-0.3, -0.25) is 19.4 Å². The van der Waals surface area contributed by atoms with Crippen molar-refractivity contribution in [1.29, 1.82) is 0 Å². The minimum Gasteiger partial charge on any atom is -0.506 e. The number of carbonyl (C=O) groups is 2. The fraction of sp³-hybridized carbons (Fsp3) is 0.111. The number of aromatic nitrogens is 2. The molecule has 9 heteroatoms. The number of nitrogens with one attached hydrogen (secondary N) is 1. The number of para-hydroxylation sites is 1. The van der Waals surface area contributed by atoms with E-state index in [4.69, 9.17) is 9.94 Å². The maximum Gasteiger partial charge on any atom is 0.322 e. The Labute approximate surface area is 152 Å². The predicted molar refractivity (Wildman–Crippen MR) is 94.4 cm³/mol. The van der Waals surface area contributed by atoms with Crippen molar-refractivity contribution < 1.29 is 24.6 Å². The molecule has 2 heterocycles. The zero-order valence-corrected chi connectivity index (χ0v) is 14.0. The Morgan fingerprint density at radius 3 is 2.59 bits per heavy atom. The molecule has 0 bridgehead atoms. The Balaban J connectivity index is 2.07. The van der Waals surface area contributed by atoms with Crippen molar-refractivity contribution in [2.24, 2.45) is 0 Å². The third-order valence-corrected chi connectivity index (χ3v) is 3.71. The Bertz CT molecular complexity index is 1060. The van der Waals surface area contributed by atoms with E-state index in [1.165, 1.54) is 6.07 Å². The summed E-state index contributed by atoms with van der Waals surface area (Å²) < 4.78 is 0.888. The number of carboxylic acids is 1. The molecule has 3 N–H and O–H groups in total. The molecule has 0 radical (unpaired) electrons. The van der Waals surface area contributed by atoms with Crippen LogP contribution in [0.5, 0.6) is 5.75 Å². The van der Waals surface area contributed by atoms with Crippen molar-refractivity contribution in [3.05, 3.63) is 70.3 Å². The number of aromatic hydroxyl groups is 1. The van der Waals surface area contributed by atoms with E-state index < -0.39 is 35.3 Å². The Kier molecular flexibility index (Phi) is 5.02. The van der Waals surface area contributed by atoms with E-state index in [1.54, 1.807) is 42.6 Å². The number of amides is 1. The predicted octanol–water partition coefficient (Wildman–Crippen LogP) is 0.545. The summed E-state index contributed by atoms with van der Waals surface area (Å²) in [5.74, 6) is -2.84. The molecule has 3 aromatic rings. The molecule has 0 spiro atoms. The molecule has 138 valence electrons. The Morgan fingerprint density at radius 1 is 1.15 bits per heavy atom. The molecule has 0 aliphatic rings. The fourth-order valence-corrected chi connectivity index (χ4v) is 2.49. The van der Waals surface area contributed by atoms with Crippen LogP contribution in [-0.4, -0.2) is 38.3 Å². The van der Waals surface area contributed by atoms with Gasteiger partial charge in [-0.15, -0.1) is 4.73 Å². The van der Waals surface area contributed by atoms with Crippen molar-refractivity contribution in [2.75, 3.05) is 6.54 Å². The highest BCUT2D eigenvalue weighted by atomic mass is 16.7. The molecule has 0 saturated carbocycles. The first-order chi connectivity index (χ1) is 13.0. The minimum atomic E-state index is -1.28. The van der Waals surface area contributed by atoms with Gasteiger partial charge in [0.25, 0.3) is 11.5 Å². The largest absolute Gasteiger partial charge is 0.506 e. The van der Waals surface area contributed by atoms with Gasteiger partial charge < -0.3 is 20.4 Å². The molecule has 1 aromatic carbocycles. The van der Waals surface area contributed by atoms with Crippen LogP contribution in [-0.2, 0) is 11.4 Å². The Morgan fingerprint density at radius 2 is 1.89 bits per heavy atom. The van der Waals surface area contributed by atoms with Gasteiger partial charge in [0, 0.05) is 11.6 Å². The minimum absolute atomic E-state index is 0.0499. The summed E-state index contributed by atoms with van der Waals surface area (Å²) in [5.41, 5.74) is -0.704. The van der Waals surface area contributed by atoms with Crippen LogP contribution >= 0.6 is 0 Å². The second-order valence-corrected chi connectivity index (χ2v) is 5.51. The fourth-order valence-electron chi connectivity index (χ4n) is 2.49. The van der Waals surface area contributed by atoms with Crippen molar-refractivity contribution >= 4 is 22.8 Å². The average Bonchev–Trinajstić information content (AvgIpc) is 2.67. The zero-order valence-electron chi connectivity index (χ0n) is 14.0. The first kappa shape index (κ1) is 17.9. The standard InChI is InChI=1S/C18H15N3O6/c22-14(23)9-20-17(25)15-16(24)12-6-1-2-7-13(12)21(18(15)26)27-10-11-5-3-4-8-19-11/h1-8,24H,9-10H2,(H,20,25)(H,22,23). The number of rotatable bonds is 6. The number of carboxylic acid groups (broad SMARTS) is 1. The van der Waals surface area contributed by atoms with Crippen LogP contribution < -0.4 is 15.7 Å². The average molecular weight is 369 g/mol. The maximum absolute atomic E-state index is 12.8. The van der Waals surface area contributed by atoms with E-state index in [1.807, 2.05) is 0 Å². The maximum atomic E-state index is 12.8. The number of fused-ring (bicyclic) bond motifs is 1. The number of hydrogen-bond acceptors (Lipinski definition) is 6. The van der Waals surface area contributed by atoms with Crippen molar-refractivity contribution in [3.8, 4) is 5.75 Å². The van der Waals surface area contributed by atoms with Crippen LogP contribution in [0, 0.1) is 0 Å². The highest BCUT2D eigenvalue weighted by Gasteiger charge is 2.23. The Hall–Kier alpha value is -3.88. The molecule has 0 aliphatic heterocycles. The van der Waals surface area contributed by atoms with E-state index in [-0.39, 0.29) is 17.5 Å². The second kappa shape index (κ2) is 7.56. The van der Waals surface area contributed by atoms with Gasteiger partial charge in [0.2, 0.25) is 0 Å². The van der Waals surface area contributed by atoms with Gasteiger partial charge in [-0.2, -0.15) is 0 Å². The lowest BCUT2D eigenvalue weighted by Crippen LogP contribution is -2.37. The molecule has 0 saturated heterocycles. The first-order valence-electron chi connectivity index (χ1n) is 7.89. The molecular weight excluding hydrogens is 354 g/mol. The number of carbonyl (C=O) groups excluding carboxylic acids is 1. The molecule has 0 unspecified atom stereocenters. The SMILES string of the molecule is O=C(O)CNC(=O)c1c(O)c2ccccc2n(OCc2ccccn2)c1=O. The van der Waals surface area contributed by atoms with Crippen LogP contribution in [0.2, 0.25) is 0 Å². The lowest BCUT2D eigenvalue weighted by molar-refractivity contribution is -0.135. The van der Waals surface area contributed by atoms with Gasteiger partial charge in [-0.1, -0.05) is 18.2 Å². The number of hydrogen-bond donors (Lipinski definition) is 3. The van der Waals surface area contributed by atoms with E-state index in [0.29, 0.717) is 5.69 Å². The molecule has 27 heavy (non-hydrogen) atoms. The summed E-state index contributed by atoms with van der Waals surface area (Å²) in [4.78, 5) is 45.3. The van der Waals surface area contributed by atoms with Gasteiger partial charge >= 0.3 is 5.97 Å². The number of pyridine rings is 2. The summed E-state index contributed by atoms with van der Waals surface area (Å²) in [5, 5.41) is 21.4. The van der Waals surface area contributed by atoms with Gasteiger partial charge in [0.15, 0.2) is 12.2 Å². The molecular formula is C18H15N3O6. The van der Waals surface area contributed by atoms with E-state index in [0.717, 1.165) is 4.73 Å². The third-order valence-electron chi connectivity index (χ3n) is 3.71. The third kappa shape index (κ3) is 3.71.